The average Bonchev–Trinajstić information content (AvgIpc) is 3.02. The summed E-state index contributed by atoms with van der Waals surface area (Å²) in [4.78, 5) is 0. The molecule has 2 aromatic carbocycles. The third-order valence-electron chi connectivity index (χ3n) is 3.67. The number of benzene rings is 2. The van der Waals surface area contributed by atoms with Crippen molar-refractivity contribution >= 4 is 24.8 Å². The molecule has 0 saturated carbocycles. The predicted molar refractivity (Wildman–Crippen MR) is 113 cm³/mol. The zero-order valence-electron chi connectivity index (χ0n) is 15.7. The Bertz CT molecular complexity index is 696. The zero-order valence-corrected chi connectivity index (χ0v) is 18.9. The van der Waals surface area contributed by atoms with E-state index in [-0.39, 0.29) is 46.5 Å². The standard InChI is InChI=1S/C13H12O.C9H13.2ClH.Ti/c1-10-7-12(9-13(14)8-10)11-5-3-2-4-6-11;1-9(2,3)8-6-4-5-7-8;;;/h2-9,14H,1H3;4,6H,5H2,1-3H3;2*1H;/q;-1;;;. The van der Waals surface area contributed by atoms with Crippen molar-refractivity contribution in [2.24, 2.45) is 5.41 Å². The zero-order chi connectivity index (χ0) is 16.9. The van der Waals surface area contributed by atoms with Gasteiger partial charge in [0.25, 0.3) is 0 Å². The molecule has 0 unspecified atom stereocenters. The second-order valence-corrected chi connectivity index (χ2v) is 6.87. The third kappa shape index (κ3) is 8.60. The summed E-state index contributed by atoms with van der Waals surface area (Å²) in [5, 5.41) is 9.46. The van der Waals surface area contributed by atoms with Gasteiger partial charge in [0.05, 0.1) is 0 Å². The Hall–Kier alpha value is -0.986. The van der Waals surface area contributed by atoms with Crippen molar-refractivity contribution in [1.29, 1.82) is 0 Å². The van der Waals surface area contributed by atoms with Gasteiger partial charge in [-0.15, -0.1) is 31.2 Å². The van der Waals surface area contributed by atoms with Gasteiger partial charge in [-0.2, -0.15) is 6.08 Å². The first-order valence-electron chi connectivity index (χ1n) is 8.00. The molecule has 0 saturated heterocycles. The van der Waals surface area contributed by atoms with Crippen molar-refractivity contribution in [3.63, 3.8) is 0 Å². The molecule has 0 radical (unpaired) electrons. The van der Waals surface area contributed by atoms with Crippen LogP contribution in [-0.4, -0.2) is 5.11 Å². The minimum Gasteiger partial charge on any atom is -0.508 e. The van der Waals surface area contributed by atoms with Crippen molar-refractivity contribution in [3.05, 3.63) is 77.9 Å². The van der Waals surface area contributed by atoms with E-state index < -0.39 is 0 Å². The van der Waals surface area contributed by atoms with Gasteiger partial charge in [-0.3, -0.25) is 6.08 Å². The first-order valence-corrected chi connectivity index (χ1v) is 8.00. The van der Waals surface area contributed by atoms with Gasteiger partial charge < -0.3 is 5.11 Å². The van der Waals surface area contributed by atoms with Crippen LogP contribution >= 0.6 is 24.8 Å². The molecule has 0 aliphatic heterocycles. The Kier molecular flexibility index (Phi) is 13.0. The van der Waals surface area contributed by atoms with E-state index in [9.17, 15) is 5.11 Å². The topological polar surface area (TPSA) is 20.2 Å². The molecule has 0 amide bonds. The van der Waals surface area contributed by atoms with Gasteiger partial charge >= 0.3 is 0 Å². The Morgan fingerprint density at radius 3 is 1.96 bits per heavy atom. The molecule has 26 heavy (non-hydrogen) atoms. The number of phenolic OH excluding ortho intramolecular Hbond substituents is 1. The Morgan fingerprint density at radius 1 is 0.923 bits per heavy atom. The number of rotatable bonds is 1. The van der Waals surface area contributed by atoms with Crippen LogP contribution in [0.4, 0.5) is 0 Å². The van der Waals surface area contributed by atoms with Gasteiger partial charge in [-0.05, 0) is 41.2 Å². The van der Waals surface area contributed by atoms with Gasteiger partial charge in [0.15, 0.2) is 0 Å². The van der Waals surface area contributed by atoms with Gasteiger partial charge in [-0.25, -0.2) is 11.6 Å². The van der Waals surface area contributed by atoms with E-state index in [4.69, 9.17) is 0 Å². The number of allylic oxidation sites excluding steroid dienone is 4. The van der Waals surface area contributed by atoms with Crippen LogP contribution in [0.5, 0.6) is 5.75 Å². The molecule has 0 spiro atoms. The molecule has 140 valence electrons. The largest absolute Gasteiger partial charge is 0.508 e. The maximum atomic E-state index is 9.46. The summed E-state index contributed by atoms with van der Waals surface area (Å²) in [5.74, 6) is 0.323. The first kappa shape index (κ1) is 27.2. The fourth-order valence-electron chi connectivity index (χ4n) is 2.48. The van der Waals surface area contributed by atoms with E-state index in [1.807, 2.05) is 37.3 Å². The van der Waals surface area contributed by atoms with Crippen molar-refractivity contribution in [1.82, 2.24) is 0 Å². The molecule has 4 heteroatoms. The van der Waals surface area contributed by atoms with Crippen molar-refractivity contribution in [2.45, 2.75) is 34.1 Å². The normalized spacial score (nSPS) is 11.8. The number of aromatic hydroxyl groups is 1. The molecule has 0 bridgehead atoms. The van der Waals surface area contributed by atoms with E-state index in [0.29, 0.717) is 11.2 Å². The van der Waals surface area contributed by atoms with Crippen LogP contribution in [0.1, 0.15) is 32.8 Å². The number of halogens is 2. The Labute approximate surface area is 185 Å². The Balaban J connectivity index is 0. The smallest absolute Gasteiger partial charge is 0.116 e. The molecule has 1 aliphatic carbocycles. The number of aryl methyl sites for hydroxylation is 1. The molecule has 1 N–H and O–H groups in total. The summed E-state index contributed by atoms with van der Waals surface area (Å²) < 4.78 is 0. The minimum atomic E-state index is 0. The van der Waals surface area contributed by atoms with E-state index in [1.165, 1.54) is 5.57 Å². The van der Waals surface area contributed by atoms with E-state index in [0.717, 1.165) is 23.1 Å². The number of phenols is 1. The second kappa shape index (κ2) is 12.4. The fraction of sp³-hybridized carbons (Fsp3) is 0.273. The molecule has 0 aromatic heterocycles. The monoisotopic (exact) mass is 425 g/mol. The maximum Gasteiger partial charge on any atom is 0.116 e. The summed E-state index contributed by atoms with van der Waals surface area (Å²) >= 11 is 0. The molecule has 0 atom stereocenters. The Morgan fingerprint density at radius 2 is 1.54 bits per heavy atom. The minimum absolute atomic E-state index is 0. The van der Waals surface area contributed by atoms with E-state index in [2.05, 4.69) is 45.1 Å². The van der Waals surface area contributed by atoms with Crippen LogP contribution in [0.3, 0.4) is 0 Å². The molecule has 2 aromatic rings. The van der Waals surface area contributed by atoms with Crippen molar-refractivity contribution in [2.75, 3.05) is 0 Å². The summed E-state index contributed by atoms with van der Waals surface area (Å²) in [6.45, 7) is 8.62. The van der Waals surface area contributed by atoms with Crippen LogP contribution in [0.2, 0.25) is 0 Å². The molecule has 3 rings (SSSR count). The molecule has 1 aliphatic rings. The molecule has 0 fully saturated rings. The van der Waals surface area contributed by atoms with Gasteiger partial charge in [0.1, 0.15) is 5.75 Å². The first-order chi connectivity index (χ1) is 10.9. The quantitative estimate of drug-likeness (QED) is 0.387. The van der Waals surface area contributed by atoms with Crippen molar-refractivity contribution < 1.29 is 26.8 Å². The average molecular weight is 426 g/mol. The van der Waals surface area contributed by atoms with Crippen LogP contribution in [0.25, 0.3) is 11.1 Å². The van der Waals surface area contributed by atoms with Crippen molar-refractivity contribution in [3.8, 4) is 16.9 Å². The second-order valence-electron chi connectivity index (χ2n) is 6.87. The summed E-state index contributed by atoms with van der Waals surface area (Å²) in [5.41, 5.74) is 4.91. The molecule has 1 nitrogen and oxygen atoms in total. The molecular weight excluding hydrogens is 399 g/mol. The third-order valence-corrected chi connectivity index (χ3v) is 3.67. The van der Waals surface area contributed by atoms with Gasteiger partial charge in [0, 0.05) is 21.7 Å². The van der Waals surface area contributed by atoms with Gasteiger partial charge in [0.2, 0.25) is 0 Å². The number of hydrogen-bond acceptors (Lipinski definition) is 1. The SMILES string of the molecule is CC(C)(C)C1=[C-]CC=C1.Cc1cc(O)cc(-c2ccccc2)c1.Cl.Cl.[Ti]. The predicted octanol–water partition coefficient (Wildman–Crippen LogP) is 6.93. The van der Waals surface area contributed by atoms with E-state index >= 15 is 0 Å². The van der Waals surface area contributed by atoms with E-state index in [1.54, 1.807) is 12.1 Å². The summed E-state index contributed by atoms with van der Waals surface area (Å²) in [7, 11) is 0. The van der Waals surface area contributed by atoms with Crippen LogP contribution in [-0.2, 0) is 21.7 Å². The number of hydrogen-bond donors (Lipinski definition) is 1. The molecule has 0 heterocycles. The fourth-order valence-corrected chi connectivity index (χ4v) is 2.48. The van der Waals surface area contributed by atoms with Crippen LogP contribution in [0, 0.1) is 18.4 Å². The van der Waals surface area contributed by atoms with Crippen LogP contribution < -0.4 is 0 Å². The summed E-state index contributed by atoms with van der Waals surface area (Å²) in [6.07, 6.45) is 8.63. The van der Waals surface area contributed by atoms with Gasteiger partial charge in [-0.1, -0.05) is 57.2 Å². The van der Waals surface area contributed by atoms with Crippen LogP contribution in [0.15, 0.2) is 66.3 Å². The maximum absolute atomic E-state index is 9.46. The summed E-state index contributed by atoms with van der Waals surface area (Å²) in [6, 6.07) is 15.6. The molecular formula is C22H27Cl2OTi-.